The minimum Gasteiger partial charge on any atom is -0.494 e. The van der Waals surface area contributed by atoms with Crippen molar-refractivity contribution in [3.8, 4) is 17.1 Å². The Labute approximate surface area is 198 Å². The molecule has 0 spiro atoms. The van der Waals surface area contributed by atoms with Crippen LogP contribution in [0.3, 0.4) is 0 Å². The maximum atomic E-state index is 12.8. The van der Waals surface area contributed by atoms with Crippen LogP contribution in [-0.2, 0) is 0 Å². The molecule has 0 aliphatic rings. The van der Waals surface area contributed by atoms with Crippen molar-refractivity contribution in [3.05, 3.63) is 97.7 Å². The Hall–Kier alpha value is -3.68. The fourth-order valence-electron chi connectivity index (χ4n) is 3.29. The molecule has 0 saturated heterocycles. The van der Waals surface area contributed by atoms with Gasteiger partial charge in [0.2, 0.25) is 4.96 Å². The number of hydrogen-bond acceptors (Lipinski definition) is 6. The number of hydrogen-bond donors (Lipinski definition) is 0. The number of thiazole rings is 1. The summed E-state index contributed by atoms with van der Waals surface area (Å²) in [4.78, 5) is 17.8. The monoisotopic (exact) mass is 475 g/mol. The molecule has 5 rings (SSSR count). The van der Waals surface area contributed by atoms with Gasteiger partial charge in [-0.1, -0.05) is 53.3 Å². The molecule has 0 amide bonds. The van der Waals surface area contributed by atoms with Gasteiger partial charge in [0, 0.05) is 16.7 Å². The predicted octanol–water partition coefficient (Wildman–Crippen LogP) is 5.18. The Bertz CT molecular complexity index is 1560. The zero-order valence-electron chi connectivity index (χ0n) is 17.6. The average Bonchev–Trinajstić information content (AvgIpc) is 3.51. The Morgan fingerprint density at radius 2 is 1.97 bits per heavy atom. The molecule has 0 saturated carbocycles. The molecule has 0 aliphatic heterocycles. The van der Waals surface area contributed by atoms with Gasteiger partial charge in [-0.3, -0.25) is 4.79 Å². The molecule has 8 heteroatoms. The third-order valence-corrected chi connectivity index (χ3v) is 6.02. The van der Waals surface area contributed by atoms with Crippen LogP contribution in [-0.4, -0.2) is 21.2 Å². The van der Waals surface area contributed by atoms with E-state index in [-0.39, 0.29) is 5.56 Å². The fourth-order valence-corrected chi connectivity index (χ4v) is 4.37. The molecule has 0 fully saturated rings. The van der Waals surface area contributed by atoms with Crippen molar-refractivity contribution in [1.29, 1.82) is 0 Å². The van der Waals surface area contributed by atoms with Crippen molar-refractivity contribution >= 4 is 46.1 Å². The number of benzene rings is 2. The highest BCUT2D eigenvalue weighted by atomic mass is 35.5. The van der Waals surface area contributed by atoms with Gasteiger partial charge in [0.15, 0.2) is 5.82 Å². The van der Waals surface area contributed by atoms with Gasteiger partial charge >= 0.3 is 0 Å². The zero-order chi connectivity index (χ0) is 22.8. The first kappa shape index (κ1) is 21.2. The largest absolute Gasteiger partial charge is 0.494 e. The van der Waals surface area contributed by atoms with Crippen LogP contribution >= 0.6 is 22.9 Å². The van der Waals surface area contributed by atoms with E-state index < -0.39 is 0 Å². The third kappa shape index (κ3) is 4.60. The van der Waals surface area contributed by atoms with Crippen LogP contribution in [0.15, 0.2) is 69.9 Å². The average molecular weight is 476 g/mol. The molecule has 0 bridgehead atoms. The first-order valence-corrected chi connectivity index (χ1v) is 11.5. The van der Waals surface area contributed by atoms with Gasteiger partial charge in [-0.15, -0.1) is 5.10 Å². The van der Waals surface area contributed by atoms with Crippen LogP contribution < -0.4 is 14.8 Å². The maximum Gasteiger partial charge on any atom is 0.291 e. The molecule has 0 atom stereocenters. The van der Waals surface area contributed by atoms with E-state index >= 15 is 0 Å². The Balaban J connectivity index is 1.38. The van der Waals surface area contributed by atoms with E-state index in [0.29, 0.717) is 38.5 Å². The lowest BCUT2D eigenvalue weighted by Gasteiger charge is -2.01. The second-order valence-electron chi connectivity index (χ2n) is 7.13. The summed E-state index contributed by atoms with van der Waals surface area (Å²) in [6, 6.07) is 18.8. The van der Waals surface area contributed by atoms with Gasteiger partial charge in [0.1, 0.15) is 21.8 Å². The first-order valence-electron chi connectivity index (χ1n) is 10.3. The van der Waals surface area contributed by atoms with Gasteiger partial charge in [-0.05, 0) is 55.0 Å². The summed E-state index contributed by atoms with van der Waals surface area (Å²) in [5.41, 5.74) is 1.63. The van der Waals surface area contributed by atoms with E-state index in [1.165, 1.54) is 15.9 Å². The lowest BCUT2D eigenvalue weighted by molar-refractivity contribution is 0.340. The molecule has 33 heavy (non-hydrogen) atoms. The van der Waals surface area contributed by atoms with Crippen LogP contribution in [0.5, 0.6) is 5.75 Å². The molecule has 6 nitrogen and oxygen atoms in total. The minimum absolute atomic E-state index is 0.232. The second kappa shape index (κ2) is 9.05. The van der Waals surface area contributed by atoms with Crippen LogP contribution in [0.2, 0.25) is 5.02 Å². The Morgan fingerprint density at radius 3 is 2.73 bits per heavy atom. The molecule has 0 N–H and O–H groups in total. The van der Waals surface area contributed by atoms with E-state index in [2.05, 4.69) is 10.1 Å². The smallest absolute Gasteiger partial charge is 0.291 e. The molecule has 2 aromatic carbocycles. The molecular formula is C25H18ClN3O3S. The fraction of sp³-hybridized carbons (Fsp3) is 0.0800. The van der Waals surface area contributed by atoms with Crippen LogP contribution in [0.4, 0.5) is 0 Å². The van der Waals surface area contributed by atoms with Gasteiger partial charge in [-0.25, -0.2) is 0 Å². The number of ether oxygens (including phenoxy) is 1. The van der Waals surface area contributed by atoms with Crippen molar-refractivity contribution in [2.45, 2.75) is 6.92 Å². The third-order valence-electron chi connectivity index (χ3n) is 4.82. The van der Waals surface area contributed by atoms with Crippen molar-refractivity contribution in [2.24, 2.45) is 0 Å². The summed E-state index contributed by atoms with van der Waals surface area (Å²) < 4.78 is 13.1. The summed E-state index contributed by atoms with van der Waals surface area (Å²) in [5.74, 6) is 2.55. The minimum atomic E-state index is -0.232. The molecule has 3 aromatic heterocycles. The Kier molecular flexibility index (Phi) is 5.81. The standard InChI is InChI=1S/C25H18ClN3O3S/c1-2-31-19-9-6-16(7-10-19)8-13-23-27-25-29(28-23)24(30)22(33-25)15-20-11-12-21(32-20)17-4-3-5-18(26)14-17/h3-15H,2H2,1H3/b13-8+,22-15-. The zero-order valence-corrected chi connectivity index (χ0v) is 19.1. The second-order valence-corrected chi connectivity index (χ2v) is 8.57. The lowest BCUT2D eigenvalue weighted by atomic mass is 10.2. The van der Waals surface area contributed by atoms with Gasteiger partial charge in [0.25, 0.3) is 5.56 Å². The SMILES string of the molecule is CCOc1ccc(/C=C/c2nc3s/c(=C\c4ccc(-c5cccc(Cl)c5)o4)c(=O)n3n2)cc1. The summed E-state index contributed by atoms with van der Waals surface area (Å²) >= 11 is 7.32. The summed E-state index contributed by atoms with van der Waals surface area (Å²) in [6.07, 6.45) is 5.38. The van der Waals surface area contributed by atoms with Gasteiger partial charge in [-0.2, -0.15) is 9.50 Å². The first-order chi connectivity index (χ1) is 16.1. The summed E-state index contributed by atoms with van der Waals surface area (Å²) in [7, 11) is 0. The highest BCUT2D eigenvalue weighted by Gasteiger charge is 2.10. The van der Waals surface area contributed by atoms with Gasteiger partial charge < -0.3 is 9.15 Å². The van der Waals surface area contributed by atoms with E-state index in [4.69, 9.17) is 20.8 Å². The van der Waals surface area contributed by atoms with Crippen molar-refractivity contribution < 1.29 is 9.15 Å². The number of furan rings is 1. The van der Waals surface area contributed by atoms with Crippen LogP contribution in [0.25, 0.3) is 34.5 Å². The van der Waals surface area contributed by atoms with Crippen LogP contribution in [0.1, 0.15) is 24.1 Å². The van der Waals surface area contributed by atoms with Crippen molar-refractivity contribution in [1.82, 2.24) is 14.6 Å². The lowest BCUT2D eigenvalue weighted by Crippen LogP contribution is -2.23. The maximum absolute atomic E-state index is 12.8. The topological polar surface area (TPSA) is 69.6 Å². The molecule has 0 radical (unpaired) electrons. The molecule has 0 unspecified atom stereocenters. The number of fused-ring (bicyclic) bond motifs is 1. The normalized spacial score (nSPS) is 12.2. The summed E-state index contributed by atoms with van der Waals surface area (Å²) in [6.45, 7) is 2.58. The molecule has 164 valence electrons. The summed E-state index contributed by atoms with van der Waals surface area (Å²) in [5, 5.41) is 4.96. The molecule has 0 aliphatic carbocycles. The number of halogens is 1. The highest BCUT2D eigenvalue weighted by Crippen LogP contribution is 2.25. The predicted molar refractivity (Wildman–Crippen MR) is 132 cm³/mol. The van der Waals surface area contributed by atoms with Crippen LogP contribution in [0, 0.1) is 0 Å². The number of nitrogens with zero attached hydrogens (tertiary/aromatic N) is 3. The number of aromatic nitrogens is 3. The van der Waals surface area contributed by atoms with Crippen molar-refractivity contribution in [3.63, 3.8) is 0 Å². The van der Waals surface area contributed by atoms with E-state index in [9.17, 15) is 4.79 Å². The van der Waals surface area contributed by atoms with Crippen molar-refractivity contribution in [2.75, 3.05) is 6.61 Å². The molecule has 3 heterocycles. The van der Waals surface area contributed by atoms with E-state index in [0.717, 1.165) is 16.9 Å². The molecular weight excluding hydrogens is 458 g/mol. The van der Waals surface area contributed by atoms with E-state index in [1.54, 1.807) is 18.2 Å². The quantitative estimate of drug-likeness (QED) is 0.338. The Morgan fingerprint density at radius 1 is 1.12 bits per heavy atom. The highest BCUT2D eigenvalue weighted by molar-refractivity contribution is 7.15. The molecule has 5 aromatic rings. The van der Waals surface area contributed by atoms with Gasteiger partial charge in [0.05, 0.1) is 6.61 Å². The number of rotatable bonds is 6. The van der Waals surface area contributed by atoms with E-state index in [1.807, 2.05) is 67.6 Å².